The molecule has 3 rings (SSSR count). The fraction of sp³-hybridized carbons (Fsp3) is 0.292. The summed E-state index contributed by atoms with van der Waals surface area (Å²) in [6.07, 6.45) is 9.64. The maximum atomic E-state index is 10.6. The second kappa shape index (κ2) is 9.33. The monoisotopic (exact) mass is 361 g/mol. The normalized spacial score (nSPS) is 12.4. The highest BCUT2D eigenvalue weighted by Gasteiger charge is 2.14. The standard InChI is InChI=1S/C24H27NO2/c1-25(17-7-6-14-24(26)27)18-8-13-23-21-11-4-2-9-19(21)15-16-20-10-3-5-12-22(20)23/h2-5,9-13,15-16H,6-8,14,17-18H2,1H3,(H,26,27). The maximum Gasteiger partial charge on any atom is 0.303 e. The van der Waals surface area contributed by atoms with Crippen LogP contribution in [0.5, 0.6) is 0 Å². The summed E-state index contributed by atoms with van der Waals surface area (Å²) in [4.78, 5) is 12.9. The van der Waals surface area contributed by atoms with Crippen LogP contribution in [0.4, 0.5) is 0 Å². The van der Waals surface area contributed by atoms with Crippen molar-refractivity contribution in [1.82, 2.24) is 4.90 Å². The highest BCUT2D eigenvalue weighted by molar-refractivity contribution is 5.93. The molecule has 0 spiro atoms. The predicted molar refractivity (Wildman–Crippen MR) is 112 cm³/mol. The molecule has 0 saturated heterocycles. The van der Waals surface area contributed by atoms with Gasteiger partial charge >= 0.3 is 5.97 Å². The van der Waals surface area contributed by atoms with Crippen LogP contribution < -0.4 is 0 Å². The fourth-order valence-corrected chi connectivity index (χ4v) is 3.52. The van der Waals surface area contributed by atoms with Gasteiger partial charge in [-0.15, -0.1) is 0 Å². The Morgan fingerprint density at radius 2 is 1.52 bits per heavy atom. The van der Waals surface area contributed by atoms with E-state index in [1.54, 1.807) is 0 Å². The topological polar surface area (TPSA) is 40.5 Å². The van der Waals surface area contributed by atoms with Gasteiger partial charge in [-0.05, 0) is 60.7 Å². The van der Waals surface area contributed by atoms with E-state index in [1.165, 1.54) is 27.8 Å². The fourth-order valence-electron chi connectivity index (χ4n) is 3.52. The van der Waals surface area contributed by atoms with Crippen LogP contribution in [0.2, 0.25) is 0 Å². The molecule has 0 aromatic heterocycles. The second-order valence-electron chi connectivity index (χ2n) is 7.07. The van der Waals surface area contributed by atoms with Crippen LogP contribution in [0.3, 0.4) is 0 Å². The predicted octanol–water partition coefficient (Wildman–Crippen LogP) is 5.18. The number of hydrogen-bond acceptors (Lipinski definition) is 2. The lowest BCUT2D eigenvalue weighted by molar-refractivity contribution is -0.137. The summed E-state index contributed by atoms with van der Waals surface area (Å²) in [6, 6.07) is 17.1. The quantitative estimate of drug-likeness (QED) is 0.562. The molecule has 0 bridgehead atoms. The molecule has 0 heterocycles. The van der Waals surface area contributed by atoms with E-state index in [9.17, 15) is 4.79 Å². The summed E-state index contributed by atoms with van der Waals surface area (Å²) in [5.74, 6) is -0.707. The zero-order valence-corrected chi connectivity index (χ0v) is 15.9. The van der Waals surface area contributed by atoms with Gasteiger partial charge in [0.05, 0.1) is 0 Å². The first kappa shape index (κ1) is 19.1. The van der Waals surface area contributed by atoms with E-state index < -0.39 is 5.97 Å². The van der Waals surface area contributed by atoms with Crippen LogP contribution in [-0.4, -0.2) is 36.1 Å². The van der Waals surface area contributed by atoms with E-state index in [4.69, 9.17) is 5.11 Å². The van der Waals surface area contributed by atoms with Crippen molar-refractivity contribution in [3.8, 4) is 0 Å². The van der Waals surface area contributed by atoms with Crippen molar-refractivity contribution in [1.29, 1.82) is 0 Å². The van der Waals surface area contributed by atoms with Crippen molar-refractivity contribution in [2.75, 3.05) is 20.1 Å². The van der Waals surface area contributed by atoms with Crippen molar-refractivity contribution in [2.45, 2.75) is 25.7 Å². The van der Waals surface area contributed by atoms with Crippen molar-refractivity contribution in [3.63, 3.8) is 0 Å². The first-order valence-electron chi connectivity index (χ1n) is 9.62. The molecule has 3 nitrogen and oxygen atoms in total. The number of carboxylic acid groups (broad SMARTS) is 1. The largest absolute Gasteiger partial charge is 0.481 e. The molecule has 140 valence electrons. The van der Waals surface area contributed by atoms with Crippen molar-refractivity contribution >= 4 is 23.7 Å². The Morgan fingerprint density at radius 1 is 0.926 bits per heavy atom. The van der Waals surface area contributed by atoms with Gasteiger partial charge in [-0.1, -0.05) is 66.8 Å². The van der Waals surface area contributed by atoms with Gasteiger partial charge < -0.3 is 10.0 Å². The number of aliphatic carboxylic acids is 1. The number of carbonyl (C=O) groups is 1. The molecular weight excluding hydrogens is 334 g/mol. The van der Waals surface area contributed by atoms with Crippen LogP contribution in [0.25, 0.3) is 17.7 Å². The van der Waals surface area contributed by atoms with Crippen molar-refractivity contribution < 1.29 is 9.90 Å². The molecule has 0 atom stereocenters. The first-order valence-corrected chi connectivity index (χ1v) is 9.62. The Kier molecular flexibility index (Phi) is 6.61. The molecule has 1 N–H and O–H groups in total. The van der Waals surface area contributed by atoms with Crippen molar-refractivity contribution in [3.05, 3.63) is 76.9 Å². The Hall–Kier alpha value is -2.65. The Morgan fingerprint density at radius 3 is 2.11 bits per heavy atom. The van der Waals surface area contributed by atoms with Crippen LogP contribution in [-0.2, 0) is 4.79 Å². The van der Waals surface area contributed by atoms with Gasteiger partial charge in [-0.25, -0.2) is 0 Å². The van der Waals surface area contributed by atoms with Gasteiger partial charge in [0.15, 0.2) is 0 Å². The van der Waals surface area contributed by atoms with Gasteiger partial charge in [0, 0.05) is 13.0 Å². The third kappa shape index (κ3) is 5.18. The number of rotatable bonds is 8. The van der Waals surface area contributed by atoms with Gasteiger partial charge in [0.1, 0.15) is 0 Å². The van der Waals surface area contributed by atoms with Crippen molar-refractivity contribution in [2.24, 2.45) is 0 Å². The van der Waals surface area contributed by atoms with E-state index in [0.717, 1.165) is 32.4 Å². The zero-order valence-electron chi connectivity index (χ0n) is 15.9. The van der Waals surface area contributed by atoms with E-state index in [1.807, 2.05) is 0 Å². The molecule has 1 aliphatic carbocycles. The van der Waals surface area contributed by atoms with Gasteiger partial charge in [-0.2, -0.15) is 0 Å². The molecule has 0 fully saturated rings. The molecule has 0 saturated carbocycles. The average molecular weight is 361 g/mol. The zero-order chi connectivity index (χ0) is 19.1. The Balaban J connectivity index is 1.70. The highest BCUT2D eigenvalue weighted by atomic mass is 16.4. The second-order valence-corrected chi connectivity index (χ2v) is 7.07. The number of carboxylic acids is 1. The molecule has 0 unspecified atom stereocenters. The number of unbranched alkanes of at least 4 members (excludes halogenated alkanes) is 1. The summed E-state index contributed by atoms with van der Waals surface area (Å²) < 4.78 is 0. The summed E-state index contributed by atoms with van der Waals surface area (Å²) >= 11 is 0. The lowest BCUT2D eigenvalue weighted by Gasteiger charge is -2.16. The smallest absolute Gasteiger partial charge is 0.303 e. The molecule has 0 radical (unpaired) electrons. The third-order valence-electron chi connectivity index (χ3n) is 4.98. The molecule has 2 aromatic carbocycles. The molecule has 2 aromatic rings. The van der Waals surface area contributed by atoms with Gasteiger partial charge in [-0.3, -0.25) is 4.79 Å². The molecule has 0 aliphatic heterocycles. The van der Waals surface area contributed by atoms with Gasteiger partial charge in [0.25, 0.3) is 0 Å². The molecule has 1 aliphatic rings. The Labute approximate surface area is 161 Å². The van der Waals surface area contributed by atoms with E-state index in [-0.39, 0.29) is 6.42 Å². The third-order valence-corrected chi connectivity index (χ3v) is 4.98. The number of benzene rings is 2. The lowest BCUT2D eigenvalue weighted by Crippen LogP contribution is -2.20. The molecule has 27 heavy (non-hydrogen) atoms. The average Bonchev–Trinajstić information content (AvgIpc) is 2.83. The molecular formula is C24H27NO2. The Bertz CT molecular complexity index is 799. The van der Waals surface area contributed by atoms with E-state index in [2.05, 4.69) is 78.7 Å². The van der Waals surface area contributed by atoms with E-state index >= 15 is 0 Å². The number of nitrogens with zero attached hydrogens (tertiary/aromatic N) is 1. The van der Waals surface area contributed by atoms with Crippen LogP contribution >= 0.6 is 0 Å². The summed E-state index contributed by atoms with van der Waals surface area (Å²) in [7, 11) is 2.11. The minimum absolute atomic E-state index is 0.262. The van der Waals surface area contributed by atoms with E-state index in [0.29, 0.717) is 0 Å². The highest BCUT2D eigenvalue weighted by Crippen LogP contribution is 2.33. The number of fused-ring (bicyclic) bond motifs is 2. The number of hydrogen-bond donors (Lipinski definition) is 1. The maximum absolute atomic E-state index is 10.6. The summed E-state index contributed by atoms with van der Waals surface area (Å²) in [5, 5.41) is 8.72. The minimum Gasteiger partial charge on any atom is -0.481 e. The van der Waals surface area contributed by atoms with Crippen LogP contribution in [0, 0.1) is 0 Å². The first-order chi connectivity index (χ1) is 13.1. The molecule has 0 amide bonds. The van der Waals surface area contributed by atoms with Gasteiger partial charge in [0.2, 0.25) is 0 Å². The summed E-state index contributed by atoms with van der Waals surface area (Å²) in [5.41, 5.74) is 6.36. The summed E-state index contributed by atoms with van der Waals surface area (Å²) in [6.45, 7) is 1.90. The van der Waals surface area contributed by atoms with Crippen LogP contribution in [0.15, 0.2) is 54.6 Å². The van der Waals surface area contributed by atoms with Crippen LogP contribution in [0.1, 0.15) is 47.9 Å². The molecule has 3 heteroatoms. The minimum atomic E-state index is -0.707. The lowest BCUT2D eigenvalue weighted by atomic mass is 9.93. The SMILES string of the molecule is CN(CCC=C1c2ccccc2C=Cc2ccccc21)CCCCC(=O)O.